The fourth-order valence-electron chi connectivity index (χ4n) is 2.08. The van der Waals surface area contributed by atoms with Gasteiger partial charge in [-0.3, -0.25) is 9.59 Å². The van der Waals surface area contributed by atoms with Gasteiger partial charge in [-0.1, -0.05) is 52.9 Å². The summed E-state index contributed by atoms with van der Waals surface area (Å²) in [5.74, 6) is -0.596. The van der Waals surface area contributed by atoms with Crippen LogP contribution in [-0.4, -0.2) is 24.6 Å². The smallest absolute Gasteiger partial charge is 0.306 e. The minimum Gasteiger partial charge on any atom is -0.466 e. The summed E-state index contributed by atoms with van der Waals surface area (Å²) in [5, 5.41) is 0. The number of hydrogen-bond donors (Lipinski definition) is 0. The zero-order valence-corrected chi connectivity index (χ0v) is 14.0. The predicted molar refractivity (Wildman–Crippen MR) is 84.0 cm³/mol. The standard InChI is InChI=1S/C17H32O4/c1-4-7-8-9-10-14-20-16(18)12-13-17(19)21-15(6-3)11-5-2/h15H,4-14H2,1-3H3. The number of hydrogen-bond acceptors (Lipinski definition) is 4. The van der Waals surface area contributed by atoms with Gasteiger partial charge < -0.3 is 9.47 Å². The first kappa shape index (κ1) is 19.9. The van der Waals surface area contributed by atoms with Crippen LogP contribution in [-0.2, 0) is 19.1 Å². The van der Waals surface area contributed by atoms with Crippen LogP contribution in [0.3, 0.4) is 0 Å². The maximum absolute atomic E-state index is 11.6. The van der Waals surface area contributed by atoms with Gasteiger partial charge in [-0.25, -0.2) is 0 Å². The van der Waals surface area contributed by atoms with Crippen LogP contribution < -0.4 is 0 Å². The van der Waals surface area contributed by atoms with Crippen LogP contribution in [0.5, 0.6) is 0 Å². The van der Waals surface area contributed by atoms with E-state index in [1.54, 1.807) is 0 Å². The summed E-state index contributed by atoms with van der Waals surface area (Å²) in [6.07, 6.45) is 8.55. The van der Waals surface area contributed by atoms with Gasteiger partial charge in [-0.15, -0.1) is 0 Å². The van der Waals surface area contributed by atoms with Gasteiger partial charge in [0.1, 0.15) is 6.10 Å². The lowest BCUT2D eigenvalue weighted by molar-refractivity contribution is -0.154. The Bertz CT molecular complexity index is 276. The lowest BCUT2D eigenvalue weighted by Gasteiger charge is -2.14. The molecule has 0 aliphatic carbocycles. The molecule has 124 valence electrons. The molecule has 21 heavy (non-hydrogen) atoms. The molecule has 0 aliphatic rings. The molecule has 1 unspecified atom stereocenters. The van der Waals surface area contributed by atoms with Crippen LogP contribution in [0.2, 0.25) is 0 Å². The Labute approximate surface area is 129 Å². The Morgan fingerprint density at radius 3 is 2.14 bits per heavy atom. The normalized spacial score (nSPS) is 12.0. The summed E-state index contributed by atoms with van der Waals surface area (Å²) in [6.45, 7) is 6.70. The maximum Gasteiger partial charge on any atom is 0.306 e. The van der Waals surface area contributed by atoms with Crippen molar-refractivity contribution in [3.05, 3.63) is 0 Å². The second-order valence-electron chi connectivity index (χ2n) is 5.44. The molecule has 0 rings (SSSR count). The highest BCUT2D eigenvalue weighted by atomic mass is 16.5. The number of unbranched alkanes of at least 4 members (excludes halogenated alkanes) is 4. The van der Waals surface area contributed by atoms with E-state index in [2.05, 4.69) is 13.8 Å². The van der Waals surface area contributed by atoms with Crippen LogP contribution in [0.25, 0.3) is 0 Å². The highest BCUT2D eigenvalue weighted by Crippen LogP contribution is 2.09. The van der Waals surface area contributed by atoms with Gasteiger partial charge in [0, 0.05) is 0 Å². The van der Waals surface area contributed by atoms with E-state index in [0.29, 0.717) is 6.61 Å². The first-order valence-electron chi connectivity index (χ1n) is 8.49. The quantitative estimate of drug-likeness (QED) is 0.373. The number of carbonyl (C=O) groups is 2. The van der Waals surface area contributed by atoms with Gasteiger partial charge in [0.2, 0.25) is 0 Å². The lowest BCUT2D eigenvalue weighted by atomic mass is 10.1. The second kappa shape index (κ2) is 13.9. The summed E-state index contributed by atoms with van der Waals surface area (Å²) < 4.78 is 10.4. The summed E-state index contributed by atoms with van der Waals surface area (Å²) in [4.78, 5) is 23.1. The Morgan fingerprint density at radius 1 is 0.857 bits per heavy atom. The van der Waals surface area contributed by atoms with Crippen LogP contribution in [0.4, 0.5) is 0 Å². The minimum atomic E-state index is -0.300. The van der Waals surface area contributed by atoms with E-state index in [9.17, 15) is 9.59 Å². The van der Waals surface area contributed by atoms with Crippen molar-refractivity contribution in [2.75, 3.05) is 6.61 Å². The zero-order valence-electron chi connectivity index (χ0n) is 14.0. The molecule has 0 aromatic rings. The highest BCUT2D eigenvalue weighted by Gasteiger charge is 2.13. The summed E-state index contributed by atoms with van der Waals surface area (Å²) in [6, 6.07) is 0. The zero-order chi connectivity index (χ0) is 15.9. The number of carbonyl (C=O) groups excluding carboxylic acids is 2. The maximum atomic E-state index is 11.6. The third-order valence-electron chi connectivity index (χ3n) is 3.41. The molecule has 0 saturated heterocycles. The van der Waals surface area contributed by atoms with Crippen molar-refractivity contribution in [3.63, 3.8) is 0 Å². The Hall–Kier alpha value is -1.06. The molecule has 0 heterocycles. The van der Waals surface area contributed by atoms with Crippen molar-refractivity contribution in [1.82, 2.24) is 0 Å². The molecule has 0 radical (unpaired) electrons. The van der Waals surface area contributed by atoms with Gasteiger partial charge in [0.25, 0.3) is 0 Å². The molecule has 0 fully saturated rings. The van der Waals surface area contributed by atoms with E-state index in [0.717, 1.165) is 32.1 Å². The van der Waals surface area contributed by atoms with Crippen LogP contribution >= 0.6 is 0 Å². The van der Waals surface area contributed by atoms with Crippen molar-refractivity contribution < 1.29 is 19.1 Å². The average molecular weight is 300 g/mol. The third-order valence-corrected chi connectivity index (χ3v) is 3.41. The average Bonchev–Trinajstić information content (AvgIpc) is 2.48. The van der Waals surface area contributed by atoms with Gasteiger partial charge in [0.15, 0.2) is 0 Å². The molecule has 0 aliphatic heterocycles. The molecular weight excluding hydrogens is 268 g/mol. The number of ether oxygens (including phenoxy) is 2. The molecule has 0 aromatic heterocycles. The first-order chi connectivity index (χ1) is 10.1. The van der Waals surface area contributed by atoms with Crippen molar-refractivity contribution in [2.45, 2.75) is 91.1 Å². The molecule has 0 N–H and O–H groups in total. The Morgan fingerprint density at radius 2 is 1.52 bits per heavy atom. The molecule has 0 aromatic carbocycles. The largest absolute Gasteiger partial charge is 0.466 e. The molecule has 4 nitrogen and oxygen atoms in total. The number of esters is 2. The Kier molecular flexibility index (Phi) is 13.2. The van der Waals surface area contributed by atoms with E-state index in [-0.39, 0.29) is 30.9 Å². The van der Waals surface area contributed by atoms with E-state index in [4.69, 9.17) is 9.47 Å². The van der Waals surface area contributed by atoms with Crippen molar-refractivity contribution in [1.29, 1.82) is 0 Å². The predicted octanol–water partition coefficient (Wildman–Crippen LogP) is 4.40. The van der Waals surface area contributed by atoms with Gasteiger partial charge in [0.05, 0.1) is 19.4 Å². The Balaban J connectivity index is 3.60. The van der Waals surface area contributed by atoms with Gasteiger partial charge in [-0.05, 0) is 19.3 Å². The van der Waals surface area contributed by atoms with Crippen molar-refractivity contribution in [3.8, 4) is 0 Å². The van der Waals surface area contributed by atoms with Crippen molar-refractivity contribution >= 4 is 11.9 Å². The van der Waals surface area contributed by atoms with Crippen LogP contribution in [0, 0.1) is 0 Å². The molecular formula is C17H32O4. The fourth-order valence-corrected chi connectivity index (χ4v) is 2.08. The van der Waals surface area contributed by atoms with E-state index in [1.165, 1.54) is 19.3 Å². The first-order valence-corrected chi connectivity index (χ1v) is 8.49. The molecule has 0 amide bonds. The second-order valence-corrected chi connectivity index (χ2v) is 5.44. The summed E-state index contributed by atoms with van der Waals surface area (Å²) >= 11 is 0. The third kappa shape index (κ3) is 12.4. The molecule has 0 spiro atoms. The SMILES string of the molecule is CCCCCCCOC(=O)CCC(=O)OC(CC)CCC. The van der Waals surface area contributed by atoms with Crippen molar-refractivity contribution in [2.24, 2.45) is 0 Å². The van der Waals surface area contributed by atoms with Gasteiger partial charge >= 0.3 is 11.9 Å². The summed E-state index contributed by atoms with van der Waals surface area (Å²) in [5.41, 5.74) is 0. The molecule has 1 atom stereocenters. The van der Waals surface area contributed by atoms with Crippen LogP contribution in [0.15, 0.2) is 0 Å². The van der Waals surface area contributed by atoms with E-state index < -0.39 is 0 Å². The summed E-state index contributed by atoms with van der Waals surface area (Å²) in [7, 11) is 0. The van der Waals surface area contributed by atoms with Gasteiger partial charge in [-0.2, -0.15) is 0 Å². The van der Waals surface area contributed by atoms with Crippen LogP contribution in [0.1, 0.15) is 85.0 Å². The van der Waals surface area contributed by atoms with E-state index >= 15 is 0 Å². The monoisotopic (exact) mass is 300 g/mol. The molecule has 0 saturated carbocycles. The fraction of sp³-hybridized carbons (Fsp3) is 0.882. The number of rotatable bonds is 13. The highest BCUT2D eigenvalue weighted by molar-refractivity contribution is 5.77. The molecule has 4 heteroatoms. The minimum absolute atomic E-state index is 0.0166. The molecule has 0 bridgehead atoms. The topological polar surface area (TPSA) is 52.6 Å². The lowest BCUT2D eigenvalue weighted by Crippen LogP contribution is -2.18. The van der Waals surface area contributed by atoms with E-state index in [1.807, 2.05) is 6.92 Å².